The second-order valence-corrected chi connectivity index (χ2v) is 4.43. The molecule has 0 bridgehead atoms. The van der Waals surface area contributed by atoms with Crippen LogP contribution in [0.25, 0.3) is 0 Å². The normalized spacial score (nSPS) is 19.6. The number of amides is 1. The minimum atomic E-state index is -0.256. The van der Waals surface area contributed by atoms with Gasteiger partial charge in [-0.1, -0.05) is 6.07 Å². The zero-order valence-corrected chi connectivity index (χ0v) is 10.5. The van der Waals surface area contributed by atoms with E-state index in [4.69, 9.17) is 4.74 Å². The average molecular weight is 234 g/mol. The highest BCUT2D eigenvalue weighted by Gasteiger charge is 2.33. The van der Waals surface area contributed by atoms with Gasteiger partial charge >= 0.3 is 6.09 Å². The standard InChI is InChI=1S/C13H18N2O2/c1-9-4-5-11(6-10(9)2)15-12(7-14-3)8-17-13(15)16/h4-6,12,14H,7-8H2,1-3H3. The predicted molar refractivity (Wildman–Crippen MR) is 67.5 cm³/mol. The van der Waals surface area contributed by atoms with Gasteiger partial charge in [0.1, 0.15) is 6.61 Å². The highest BCUT2D eigenvalue weighted by Crippen LogP contribution is 2.25. The average Bonchev–Trinajstić information content (AvgIpc) is 2.65. The predicted octanol–water partition coefficient (Wildman–Crippen LogP) is 1.85. The first-order valence-electron chi connectivity index (χ1n) is 5.81. The Morgan fingerprint density at radius 2 is 2.18 bits per heavy atom. The van der Waals surface area contributed by atoms with Crippen LogP contribution in [0.4, 0.5) is 10.5 Å². The fourth-order valence-electron chi connectivity index (χ4n) is 2.04. The van der Waals surface area contributed by atoms with Gasteiger partial charge in [-0.15, -0.1) is 0 Å². The lowest BCUT2D eigenvalue weighted by molar-refractivity contribution is 0.178. The van der Waals surface area contributed by atoms with E-state index in [0.29, 0.717) is 6.61 Å². The Balaban J connectivity index is 2.29. The van der Waals surface area contributed by atoms with E-state index >= 15 is 0 Å². The van der Waals surface area contributed by atoms with Gasteiger partial charge in [-0.3, -0.25) is 4.90 Å². The Morgan fingerprint density at radius 3 is 2.82 bits per heavy atom. The molecule has 0 aliphatic carbocycles. The molecule has 1 amide bonds. The first-order chi connectivity index (χ1) is 8.13. The molecule has 1 heterocycles. The molecule has 1 atom stereocenters. The first kappa shape index (κ1) is 11.9. The third-order valence-corrected chi connectivity index (χ3v) is 3.17. The highest BCUT2D eigenvalue weighted by molar-refractivity contribution is 5.90. The number of hydrogen-bond donors (Lipinski definition) is 1. The number of carbonyl (C=O) groups is 1. The zero-order chi connectivity index (χ0) is 12.4. The minimum Gasteiger partial charge on any atom is -0.447 e. The Bertz CT molecular complexity index is 431. The lowest BCUT2D eigenvalue weighted by atomic mass is 10.1. The van der Waals surface area contributed by atoms with Gasteiger partial charge in [0.2, 0.25) is 0 Å². The second kappa shape index (κ2) is 4.75. The summed E-state index contributed by atoms with van der Waals surface area (Å²) in [5, 5.41) is 3.08. The second-order valence-electron chi connectivity index (χ2n) is 4.43. The van der Waals surface area contributed by atoms with E-state index in [0.717, 1.165) is 12.2 Å². The number of rotatable bonds is 3. The molecule has 1 fully saturated rings. The van der Waals surface area contributed by atoms with Crippen LogP contribution in [0.1, 0.15) is 11.1 Å². The van der Waals surface area contributed by atoms with Crippen molar-refractivity contribution in [1.29, 1.82) is 0 Å². The molecule has 92 valence electrons. The molecule has 1 unspecified atom stereocenters. The summed E-state index contributed by atoms with van der Waals surface area (Å²) in [6.45, 7) is 5.30. The molecule has 1 aliphatic rings. The monoisotopic (exact) mass is 234 g/mol. The maximum absolute atomic E-state index is 11.7. The van der Waals surface area contributed by atoms with Crippen LogP contribution in [0.5, 0.6) is 0 Å². The number of aryl methyl sites for hydroxylation is 2. The summed E-state index contributed by atoms with van der Waals surface area (Å²) in [6, 6.07) is 6.11. The van der Waals surface area contributed by atoms with Crippen LogP contribution in [-0.2, 0) is 4.74 Å². The Hall–Kier alpha value is -1.55. The van der Waals surface area contributed by atoms with Crippen molar-refractivity contribution >= 4 is 11.8 Å². The summed E-state index contributed by atoms with van der Waals surface area (Å²) >= 11 is 0. The SMILES string of the molecule is CNCC1COC(=O)N1c1ccc(C)c(C)c1. The van der Waals surface area contributed by atoms with Gasteiger partial charge in [-0.2, -0.15) is 0 Å². The number of ether oxygens (including phenoxy) is 1. The van der Waals surface area contributed by atoms with Crippen molar-refractivity contribution in [3.8, 4) is 0 Å². The molecule has 4 heteroatoms. The van der Waals surface area contributed by atoms with Crippen molar-refractivity contribution in [3.63, 3.8) is 0 Å². The molecular formula is C13H18N2O2. The third-order valence-electron chi connectivity index (χ3n) is 3.17. The molecule has 17 heavy (non-hydrogen) atoms. The molecule has 1 aliphatic heterocycles. The van der Waals surface area contributed by atoms with E-state index < -0.39 is 0 Å². The number of carbonyl (C=O) groups excluding carboxylic acids is 1. The molecule has 1 N–H and O–H groups in total. The fraction of sp³-hybridized carbons (Fsp3) is 0.462. The van der Waals surface area contributed by atoms with Crippen molar-refractivity contribution in [2.24, 2.45) is 0 Å². The molecule has 0 radical (unpaired) electrons. The van der Waals surface area contributed by atoms with Crippen LogP contribution in [0.2, 0.25) is 0 Å². The molecular weight excluding hydrogens is 216 g/mol. The first-order valence-corrected chi connectivity index (χ1v) is 5.81. The van der Waals surface area contributed by atoms with Gasteiger partial charge in [-0.25, -0.2) is 4.79 Å². The Labute approximate surface area is 102 Å². The van der Waals surface area contributed by atoms with E-state index in [1.54, 1.807) is 4.90 Å². The van der Waals surface area contributed by atoms with E-state index in [1.165, 1.54) is 11.1 Å². The van der Waals surface area contributed by atoms with Crippen molar-refractivity contribution in [3.05, 3.63) is 29.3 Å². The topological polar surface area (TPSA) is 41.6 Å². The molecule has 4 nitrogen and oxygen atoms in total. The maximum atomic E-state index is 11.7. The van der Waals surface area contributed by atoms with Crippen LogP contribution in [0.3, 0.4) is 0 Å². The van der Waals surface area contributed by atoms with Crippen LogP contribution in [0.15, 0.2) is 18.2 Å². The van der Waals surface area contributed by atoms with Crippen molar-refractivity contribution in [1.82, 2.24) is 5.32 Å². The number of cyclic esters (lactones) is 1. The smallest absolute Gasteiger partial charge is 0.414 e. The highest BCUT2D eigenvalue weighted by atomic mass is 16.6. The maximum Gasteiger partial charge on any atom is 0.414 e. The van der Waals surface area contributed by atoms with Gasteiger partial charge in [0.15, 0.2) is 0 Å². The molecule has 1 saturated heterocycles. The Kier molecular flexibility index (Phi) is 3.33. The number of likely N-dealkylation sites (N-methyl/N-ethyl adjacent to an activating group) is 1. The van der Waals surface area contributed by atoms with E-state index in [9.17, 15) is 4.79 Å². The van der Waals surface area contributed by atoms with Gasteiger partial charge in [0, 0.05) is 12.2 Å². The number of benzene rings is 1. The van der Waals surface area contributed by atoms with Crippen LogP contribution < -0.4 is 10.2 Å². The van der Waals surface area contributed by atoms with Gasteiger partial charge in [-0.05, 0) is 44.2 Å². The van der Waals surface area contributed by atoms with Gasteiger partial charge in [0.05, 0.1) is 6.04 Å². The van der Waals surface area contributed by atoms with Crippen LogP contribution in [-0.4, -0.2) is 32.3 Å². The molecule has 1 aromatic rings. The van der Waals surface area contributed by atoms with Crippen molar-refractivity contribution in [2.75, 3.05) is 25.1 Å². The summed E-state index contributed by atoms with van der Waals surface area (Å²) < 4.78 is 5.10. The zero-order valence-electron chi connectivity index (χ0n) is 10.5. The number of hydrogen-bond acceptors (Lipinski definition) is 3. The molecule has 0 saturated carbocycles. The summed E-state index contributed by atoms with van der Waals surface area (Å²) in [4.78, 5) is 13.5. The van der Waals surface area contributed by atoms with Crippen LogP contribution >= 0.6 is 0 Å². The lowest BCUT2D eigenvalue weighted by Crippen LogP contribution is -2.40. The largest absolute Gasteiger partial charge is 0.447 e. The Morgan fingerprint density at radius 1 is 1.41 bits per heavy atom. The number of anilines is 1. The molecule has 1 aromatic carbocycles. The van der Waals surface area contributed by atoms with E-state index in [2.05, 4.69) is 12.2 Å². The minimum absolute atomic E-state index is 0.0783. The molecule has 0 aromatic heterocycles. The lowest BCUT2D eigenvalue weighted by Gasteiger charge is -2.21. The van der Waals surface area contributed by atoms with E-state index in [-0.39, 0.29) is 12.1 Å². The molecule has 0 spiro atoms. The number of nitrogens with one attached hydrogen (secondary N) is 1. The van der Waals surface area contributed by atoms with E-state index in [1.807, 2.05) is 32.2 Å². The summed E-state index contributed by atoms with van der Waals surface area (Å²) in [7, 11) is 1.88. The molecule has 2 rings (SSSR count). The van der Waals surface area contributed by atoms with Gasteiger partial charge < -0.3 is 10.1 Å². The summed E-state index contributed by atoms with van der Waals surface area (Å²) in [5.74, 6) is 0. The quantitative estimate of drug-likeness (QED) is 0.867. The van der Waals surface area contributed by atoms with Crippen LogP contribution in [0, 0.1) is 13.8 Å². The summed E-state index contributed by atoms with van der Waals surface area (Å²) in [6.07, 6.45) is -0.256. The fourth-order valence-corrected chi connectivity index (χ4v) is 2.04. The van der Waals surface area contributed by atoms with Crippen molar-refractivity contribution in [2.45, 2.75) is 19.9 Å². The third kappa shape index (κ3) is 2.26. The van der Waals surface area contributed by atoms with Gasteiger partial charge in [0.25, 0.3) is 0 Å². The number of nitrogens with zero attached hydrogens (tertiary/aromatic N) is 1. The summed E-state index contributed by atoms with van der Waals surface area (Å²) in [5.41, 5.74) is 3.33. The van der Waals surface area contributed by atoms with Crippen molar-refractivity contribution < 1.29 is 9.53 Å².